The first-order valence-electron chi connectivity index (χ1n) is 5.37. The summed E-state index contributed by atoms with van der Waals surface area (Å²) in [5.74, 6) is -0.421. The molecule has 0 aliphatic carbocycles. The molecule has 18 heavy (non-hydrogen) atoms. The molecule has 94 valence electrons. The van der Waals surface area contributed by atoms with Crippen LogP contribution in [0.2, 0.25) is 10.2 Å². The van der Waals surface area contributed by atoms with Crippen molar-refractivity contribution in [1.29, 1.82) is 0 Å². The maximum absolute atomic E-state index is 13.0. The van der Waals surface area contributed by atoms with Gasteiger partial charge in [0.2, 0.25) is 0 Å². The Balaban J connectivity index is 2.09. The van der Waals surface area contributed by atoms with Gasteiger partial charge in [0.15, 0.2) is 5.15 Å². The summed E-state index contributed by atoms with van der Waals surface area (Å²) >= 11 is 11.7. The Hall–Kier alpha value is -1.32. The van der Waals surface area contributed by atoms with Crippen molar-refractivity contribution in [3.63, 3.8) is 0 Å². The van der Waals surface area contributed by atoms with Gasteiger partial charge in [-0.25, -0.2) is 9.37 Å². The van der Waals surface area contributed by atoms with Gasteiger partial charge in [-0.15, -0.1) is 0 Å². The molecule has 0 unspecified atom stereocenters. The molecule has 1 N–H and O–H groups in total. The van der Waals surface area contributed by atoms with Crippen molar-refractivity contribution in [2.75, 3.05) is 5.32 Å². The predicted molar refractivity (Wildman–Crippen MR) is 72.7 cm³/mol. The van der Waals surface area contributed by atoms with Gasteiger partial charge in [0.05, 0.1) is 10.7 Å². The maximum atomic E-state index is 13.0. The highest BCUT2D eigenvalue weighted by molar-refractivity contribution is 6.32. The SMILES string of the molecule is Cc1ccc(NCc2ccc(F)c(Cl)c2)c(Cl)n1. The van der Waals surface area contributed by atoms with E-state index in [1.54, 1.807) is 12.1 Å². The van der Waals surface area contributed by atoms with Crippen molar-refractivity contribution in [3.8, 4) is 0 Å². The lowest BCUT2D eigenvalue weighted by Crippen LogP contribution is -2.01. The van der Waals surface area contributed by atoms with Gasteiger partial charge in [0.1, 0.15) is 5.82 Å². The molecule has 0 spiro atoms. The molecule has 0 aliphatic heterocycles. The second-order valence-corrected chi connectivity index (χ2v) is 4.66. The molecule has 0 atom stereocenters. The Morgan fingerprint density at radius 2 is 2.00 bits per heavy atom. The van der Waals surface area contributed by atoms with E-state index in [1.807, 2.05) is 19.1 Å². The van der Waals surface area contributed by atoms with Gasteiger partial charge in [-0.2, -0.15) is 0 Å². The van der Waals surface area contributed by atoms with Gasteiger partial charge >= 0.3 is 0 Å². The fourth-order valence-corrected chi connectivity index (χ4v) is 1.97. The van der Waals surface area contributed by atoms with Gasteiger partial charge in [-0.3, -0.25) is 0 Å². The lowest BCUT2D eigenvalue weighted by molar-refractivity contribution is 0.627. The van der Waals surface area contributed by atoms with E-state index >= 15 is 0 Å². The van der Waals surface area contributed by atoms with Crippen LogP contribution in [0, 0.1) is 12.7 Å². The van der Waals surface area contributed by atoms with Crippen molar-refractivity contribution < 1.29 is 4.39 Å². The first-order chi connectivity index (χ1) is 8.56. The molecule has 0 amide bonds. The number of halogens is 3. The van der Waals surface area contributed by atoms with Crippen LogP contribution in [-0.4, -0.2) is 4.98 Å². The molecule has 5 heteroatoms. The fourth-order valence-electron chi connectivity index (χ4n) is 1.50. The van der Waals surface area contributed by atoms with Crippen LogP contribution in [0.15, 0.2) is 30.3 Å². The average molecular weight is 285 g/mol. The number of pyridine rings is 1. The van der Waals surface area contributed by atoms with E-state index in [1.165, 1.54) is 6.07 Å². The molecule has 1 aromatic carbocycles. The highest BCUT2D eigenvalue weighted by Crippen LogP contribution is 2.21. The highest BCUT2D eigenvalue weighted by atomic mass is 35.5. The molecule has 1 aromatic heterocycles. The van der Waals surface area contributed by atoms with Crippen LogP contribution in [0.4, 0.5) is 10.1 Å². The van der Waals surface area contributed by atoms with Crippen LogP contribution < -0.4 is 5.32 Å². The lowest BCUT2D eigenvalue weighted by Gasteiger charge is -2.08. The van der Waals surface area contributed by atoms with Gasteiger partial charge in [-0.1, -0.05) is 29.3 Å². The highest BCUT2D eigenvalue weighted by Gasteiger charge is 2.03. The van der Waals surface area contributed by atoms with Crippen LogP contribution in [0.1, 0.15) is 11.3 Å². The molecule has 2 nitrogen and oxygen atoms in total. The standard InChI is InChI=1S/C13H11Cl2FN2/c1-8-2-5-12(13(15)18-8)17-7-9-3-4-11(16)10(14)6-9/h2-6,17H,7H2,1H3. The van der Waals surface area contributed by atoms with Gasteiger partial charge < -0.3 is 5.32 Å². The number of aromatic nitrogens is 1. The van der Waals surface area contributed by atoms with Crippen LogP contribution in [0.25, 0.3) is 0 Å². The number of benzene rings is 1. The maximum Gasteiger partial charge on any atom is 0.152 e. The molecule has 0 aliphatic rings. The van der Waals surface area contributed by atoms with E-state index in [-0.39, 0.29) is 5.02 Å². The number of aryl methyl sites for hydroxylation is 1. The molecule has 0 radical (unpaired) electrons. The van der Waals surface area contributed by atoms with Gasteiger partial charge in [-0.05, 0) is 36.8 Å². The Morgan fingerprint density at radius 3 is 2.67 bits per heavy atom. The normalized spacial score (nSPS) is 10.4. The number of rotatable bonds is 3. The minimum atomic E-state index is -0.421. The second kappa shape index (κ2) is 5.55. The summed E-state index contributed by atoms with van der Waals surface area (Å²) in [6.07, 6.45) is 0. The van der Waals surface area contributed by atoms with E-state index in [2.05, 4.69) is 10.3 Å². The van der Waals surface area contributed by atoms with E-state index in [0.717, 1.165) is 16.9 Å². The van der Waals surface area contributed by atoms with Crippen molar-refractivity contribution in [2.45, 2.75) is 13.5 Å². The first kappa shape index (κ1) is 13.1. The van der Waals surface area contributed by atoms with Crippen molar-refractivity contribution in [2.24, 2.45) is 0 Å². The van der Waals surface area contributed by atoms with E-state index in [0.29, 0.717) is 11.7 Å². The Morgan fingerprint density at radius 1 is 1.22 bits per heavy atom. The zero-order chi connectivity index (χ0) is 13.1. The predicted octanol–water partition coefficient (Wildman–Crippen LogP) is 4.45. The Bertz CT molecular complexity index is 573. The van der Waals surface area contributed by atoms with Crippen LogP contribution >= 0.6 is 23.2 Å². The van der Waals surface area contributed by atoms with Crippen molar-refractivity contribution in [1.82, 2.24) is 4.98 Å². The van der Waals surface area contributed by atoms with E-state index < -0.39 is 5.82 Å². The monoisotopic (exact) mass is 284 g/mol. The molecule has 1 heterocycles. The zero-order valence-electron chi connectivity index (χ0n) is 9.67. The van der Waals surface area contributed by atoms with Gasteiger partial charge in [0, 0.05) is 12.2 Å². The minimum absolute atomic E-state index is 0.113. The Labute approximate surface area is 115 Å². The second-order valence-electron chi connectivity index (χ2n) is 3.89. The smallest absolute Gasteiger partial charge is 0.152 e. The number of hydrogen-bond acceptors (Lipinski definition) is 2. The van der Waals surface area contributed by atoms with E-state index in [4.69, 9.17) is 23.2 Å². The molecule has 2 aromatic rings. The average Bonchev–Trinajstić information content (AvgIpc) is 2.32. The largest absolute Gasteiger partial charge is 0.378 e. The van der Waals surface area contributed by atoms with Crippen molar-refractivity contribution >= 4 is 28.9 Å². The molecular formula is C13H11Cl2FN2. The van der Waals surface area contributed by atoms with Crippen LogP contribution in [0.5, 0.6) is 0 Å². The summed E-state index contributed by atoms with van der Waals surface area (Å²) in [5.41, 5.74) is 2.47. The van der Waals surface area contributed by atoms with Crippen LogP contribution in [0.3, 0.4) is 0 Å². The molecule has 2 rings (SSSR count). The fraction of sp³-hybridized carbons (Fsp3) is 0.154. The Kier molecular flexibility index (Phi) is 4.04. The number of nitrogens with zero attached hydrogens (tertiary/aromatic N) is 1. The molecule has 0 fully saturated rings. The molecule has 0 saturated heterocycles. The molecular weight excluding hydrogens is 274 g/mol. The third kappa shape index (κ3) is 3.12. The number of nitrogens with one attached hydrogen (secondary N) is 1. The van der Waals surface area contributed by atoms with E-state index in [9.17, 15) is 4.39 Å². The van der Waals surface area contributed by atoms with Gasteiger partial charge in [0.25, 0.3) is 0 Å². The first-order valence-corrected chi connectivity index (χ1v) is 6.13. The topological polar surface area (TPSA) is 24.9 Å². The quantitative estimate of drug-likeness (QED) is 0.843. The molecule has 0 bridgehead atoms. The van der Waals surface area contributed by atoms with Crippen LogP contribution in [-0.2, 0) is 6.54 Å². The summed E-state index contributed by atoms with van der Waals surface area (Å²) in [5, 5.41) is 3.66. The zero-order valence-corrected chi connectivity index (χ0v) is 11.2. The minimum Gasteiger partial charge on any atom is -0.378 e. The number of hydrogen-bond donors (Lipinski definition) is 1. The molecule has 0 saturated carbocycles. The summed E-state index contributed by atoms with van der Waals surface area (Å²) in [7, 11) is 0. The lowest BCUT2D eigenvalue weighted by atomic mass is 10.2. The number of anilines is 1. The third-order valence-corrected chi connectivity index (χ3v) is 3.03. The van der Waals surface area contributed by atoms with Crippen molar-refractivity contribution in [3.05, 3.63) is 57.6 Å². The summed E-state index contributed by atoms with van der Waals surface area (Å²) in [6, 6.07) is 8.32. The summed E-state index contributed by atoms with van der Waals surface area (Å²) < 4.78 is 13.0. The summed E-state index contributed by atoms with van der Waals surface area (Å²) in [4.78, 5) is 4.13. The third-order valence-electron chi connectivity index (χ3n) is 2.45. The summed E-state index contributed by atoms with van der Waals surface area (Å²) in [6.45, 7) is 2.37.